The molecule has 1 heterocycles. The van der Waals surface area contributed by atoms with Crippen molar-refractivity contribution in [2.75, 3.05) is 20.3 Å². The Morgan fingerprint density at radius 1 is 1.17 bits per heavy atom. The number of ether oxygens (including phenoxy) is 4. The molecule has 0 amide bonds. The lowest BCUT2D eigenvalue weighted by molar-refractivity contribution is 0.0599. The highest BCUT2D eigenvalue weighted by atomic mass is 16.5. The van der Waals surface area contributed by atoms with E-state index in [1.807, 2.05) is 30.3 Å². The number of esters is 1. The molecule has 24 heavy (non-hydrogen) atoms. The smallest absolute Gasteiger partial charge is 0.338 e. The van der Waals surface area contributed by atoms with Crippen molar-refractivity contribution in [3.05, 3.63) is 59.7 Å². The zero-order chi connectivity index (χ0) is 16.8. The van der Waals surface area contributed by atoms with Crippen LogP contribution in [-0.2, 0) is 16.1 Å². The lowest BCUT2D eigenvalue weighted by Crippen LogP contribution is -2.16. The van der Waals surface area contributed by atoms with Gasteiger partial charge in [-0.15, -0.1) is 0 Å². The molecule has 1 saturated heterocycles. The summed E-state index contributed by atoms with van der Waals surface area (Å²) in [4.78, 5) is 11.9. The third-order valence-electron chi connectivity index (χ3n) is 3.74. The van der Waals surface area contributed by atoms with Crippen LogP contribution in [0.25, 0.3) is 0 Å². The van der Waals surface area contributed by atoms with Crippen LogP contribution in [0.4, 0.5) is 0 Å². The van der Waals surface area contributed by atoms with E-state index in [0.717, 1.165) is 12.0 Å². The summed E-state index contributed by atoms with van der Waals surface area (Å²) in [6.07, 6.45) is 0.836. The van der Waals surface area contributed by atoms with Gasteiger partial charge in [-0.25, -0.2) is 4.79 Å². The Kier molecular flexibility index (Phi) is 5.33. The molecule has 1 aliphatic heterocycles. The van der Waals surface area contributed by atoms with Gasteiger partial charge in [-0.05, 0) is 17.7 Å². The van der Waals surface area contributed by atoms with Gasteiger partial charge in [0, 0.05) is 12.5 Å². The number of carbonyl (C=O) groups is 1. The number of benzene rings is 2. The van der Waals surface area contributed by atoms with Crippen LogP contribution in [0.15, 0.2) is 48.5 Å². The average Bonchev–Trinajstić information content (AvgIpc) is 3.13. The van der Waals surface area contributed by atoms with Gasteiger partial charge in [0.25, 0.3) is 0 Å². The Hall–Kier alpha value is -2.53. The molecule has 0 aromatic heterocycles. The molecule has 1 fully saturated rings. The molecule has 126 valence electrons. The molecular formula is C19H20O5. The molecule has 0 saturated carbocycles. The maximum absolute atomic E-state index is 11.9. The number of rotatable bonds is 6. The van der Waals surface area contributed by atoms with Crippen molar-refractivity contribution in [1.82, 2.24) is 0 Å². The standard InChI is InChI=1S/C19H20O5/c1-21-19(20)15-9-17(23-12-14-5-3-2-4-6-14)11-18(10-15)24-16-7-8-22-13-16/h2-6,9-11,16H,7-8,12-13H2,1H3/t16-/m0/s1. The first kappa shape index (κ1) is 16.3. The van der Waals surface area contributed by atoms with Crippen LogP contribution in [0.1, 0.15) is 22.3 Å². The predicted octanol–water partition coefficient (Wildman–Crippen LogP) is 3.22. The molecule has 0 aliphatic carbocycles. The van der Waals surface area contributed by atoms with E-state index in [1.54, 1.807) is 18.2 Å². The molecule has 1 atom stereocenters. The van der Waals surface area contributed by atoms with E-state index in [2.05, 4.69) is 0 Å². The monoisotopic (exact) mass is 328 g/mol. The lowest BCUT2D eigenvalue weighted by atomic mass is 10.2. The highest BCUT2D eigenvalue weighted by Crippen LogP contribution is 2.26. The second-order valence-electron chi connectivity index (χ2n) is 5.56. The van der Waals surface area contributed by atoms with Crippen LogP contribution >= 0.6 is 0 Å². The topological polar surface area (TPSA) is 54.0 Å². The Bertz CT molecular complexity index is 677. The van der Waals surface area contributed by atoms with E-state index < -0.39 is 5.97 Å². The molecule has 0 bridgehead atoms. The summed E-state index contributed by atoms with van der Waals surface area (Å²) in [6, 6.07) is 14.9. The van der Waals surface area contributed by atoms with E-state index in [4.69, 9.17) is 18.9 Å². The highest BCUT2D eigenvalue weighted by molar-refractivity contribution is 5.90. The van der Waals surface area contributed by atoms with Crippen LogP contribution in [0.3, 0.4) is 0 Å². The van der Waals surface area contributed by atoms with E-state index in [0.29, 0.717) is 36.9 Å². The second-order valence-corrected chi connectivity index (χ2v) is 5.56. The molecule has 1 aliphatic rings. The summed E-state index contributed by atoms with van der Waals surface area (Å²) >= 11 is 0. The van der Waals surface area contributed by atoms with Gasteiger partial charge >= 0.3 is 5.97 Å². The van der Waals surface area contributed by atoms with Crippen LogP contribution in [0.5, 0.6) is 11.5 Å². The summed E-state index contributed by atoms with van der Waals surface area (Å²) in [6.45, 7) is 1.67. The maximum Gasteiger partial charge on any atom is 0.338 e. The van der Waals surface area contributed by atoms with Gasteiger partial charge in [-0.2, -0.15) is 0 Å². The average molecular weight is 328 g/mol. The van der Waals surface area contributed by atoms with Gasteiger partial charge in [0.15, 0.2) is 0 Å². The molecule has 5 nitrogen and oxygen atoms in total. The first-order valence-corrected chi connectivity index (χ1v) is 7.89. The van der Waals surface area contributed by atoms with Gasteiger partial charge in [0.2, 0.25) is 0 Å². The molecule has 0 radical (unpaired) electrons. The maximum atomic E-state index is 11.9. The third-order valence-corrected chi connectivity index (χ3v) is 3.74. The zero-order valence-electron chi connectivity index (χ0n) is 13.6. The SMILES string of the molecule is COC(=O)c1cc(OCc2ccccc2)cc(O[C@H]2CCOC2)c1. The van der Waals surface area contributed by atoms with E-state index in [9.17, 15) is 4.79 Å². The molecule has 2 aromatic carbocycles. The van der Waals surface area contributed by atoms with Crippen LogP contribution in [0, 0.1) is 0 Å². The largest absolute Gasteiger partial charge is 0.489 e. The molecule has 0 spiro atoms. The molecule has 5 heteroatoms. The fourth-order valence-corrected chi connectivity index (χ4v) is 2.50. The summed E-state index contributed by atoms with van der Waals surface area (Å²) in [5.74, 6) is 0.722. The molecule has 0 unspecified atom stereocenters. The third kappa shape index (κ3) is 4.26. The van der Waals surface area contributed by atoms with Crippen LogP contribution in [-0.4, -0.2) is 32.4 Å². The molecular weight excluding hydrogens is 308 g/mol. The van der Waals surface area contributed by atoms with Crippen molar-refractivity contribution in [2.45, 2.75) is 19.1 Å². The fraction of sp³-hybridized carbons (Fsp3) is 0.316. The summed E-state index contributed by atoms with van der Waals surface area (Å²) < 4.78 is 21.8. The Balaban J connectivity index is 1.76. The van der Waals surface area contributed by atoms with Crippen molar-refractivity contribution < 1.29 is 23.7 Å². The Labute approximate surface area is 141 Å². The zero-order valence-corrected chi connectivity index (χ0v) is 13.6. The van der Waals surface area contributed by atoms with Crippen molar-refractivity contribution in [3.8, 4) is 11.5 Å². The summed E-state index contributed by atoms with van der Waals surface area (Å²) in [7, 11) is 1.35. The predicted molar refractivity (Wildman–Crippen MR) is 88.4 cm³/mol. The number of hydrogen-bond acceptors (Lipinski definition) is 5. The number of methoxy groups -OCH3 is 1. The Morgan fingerprint density at radius 2 is 1.96 bits per heavy atom. The normalized spacial score (nSPS) is 16.6. The van der Waals surface area contributed by atoms with E-state index in [-0.39, 0.29) is 6.10 Å². The van der Waals surface area contributed by atoms with Gasteiger partial charge in [-0.1, -0.05) is 30.3 Å². The first-order chi connectivity index (χ1) is 11.7. The quantitative estimate of drug-likeness (QED) is 0.762. The number of hydrogen-bond donors (Lipinski definition) is 0. The number of carbonyl (C=O) groups excluding carboxylic acids is 1. The minimum Gasteiger partial charge on any atom is -0.489 e. The first-order valence-electron chi connectivity index (χ1n) is 7.89. The highest BCUT2D eigenvalue weighted by Gasteiger charge is 2.19. The lowest BCUT2D eigenvalue weighted by Gasteiger charge is -2.15. The van der Waals surface area contributed by atoms with Crippen molar-refractivity contribution in [1.29, 1.82) is 0 Å². The second kappa shape index (κ2) is 7.84. The van der Waals surface area contributed by atoms with E-state index in [1.165, 1.54) is 7.11 Å². The summed E-state index contributed by atoms with van der Waals surface area (Å²) in [5, 5.41) is 0. The molecule has 2 aromatic rings. The van der Waals surface area contributed by atoms with Gasteiger partial charge in [0.05, 0.1) is 25.9 Å². The summed E-state index contributed by atoms with van der Waals surface area (Å²) in [5.41, 5.74) is 1.45. The fourth-order valence-electron chi connectivity index (χ4n) is 2.50. The van der Waals surface area contributed by atoms with Crippen molar-refractivity contribution in [2.24, 2.45) is 0 Å². The van der Waals surface area contributed by atoms with E-state index >= 15 is 0 Å². The van der Waals surface area contributed by atoms with Crippen molar-refractivity contribution in [3.63, 3.8) is 0 Å². The Morgan fingerprint density at radius 3 is 2.67 bits per heavy atom. The minimum atomic E-state index is -0.423. The van der Waals surface area contributed by atoms with Gasteiger partial charge in [-0.3, -0.25) is 0 Å². The van der Waals surface area contributed by atoms with Crippen LogP contribution < -0.4 is 9.47 Å². The van der Waals surface area contributed by atoms with Crippen LogP contribution in [0.2, 0.25) is 0 Å². The minimum absolute atomic E-state index is 0.000120. The molecule has 0 N–H and O–H groups in total. The molecule has 3 rings (SSSR count). The van der Waals surface area contributed by atoms with Crippen molar-refractivity contribution >= 4 is 5.97 Å². The van der Waals surface area contributed by atoms with Gasteiger partial charge in [0.1, 0.15) is 24.2 Å². The van der Waals surface area contributed by atoms with Gasteiger partial charge < -0.3 is 18.9 Å².